The van der Waals surface area contributed by atoms with Gasteiger partial charge in [0.1, 0.15) is 16.4 Å². The van der Waals surface area contributed by atoms with Gasteiger partial charge in [0.25, 0.3) is 0 Å². The highest BCUT2D eigenvalue weighted by molar-refractivity contribution is 7.94. The fourth-order valence-corrected chi connectivity index (χ4v) is 10.8. The average Bonchev–Trinajstić information content (AvgIpc) is 3.85. The van der Waals surface area contributed by atoms with Crippen molar-refractivity contribution in [3.63, 3.8) is 0 Å². The Bertz CT molecular complexity index is 2640. The molecule has 0 aliphatic carbocycles. The summed E-state index contributed by atoms with van der Waals surface area (Å²) < 4.78 is 72.7. The van der Waals surface area contributed by atoms with Gasteiger partial charge in [-0.2, -0.15) is 4.80 Å². The van der Waals surface area contributed by atoms with E-state index in [0.717, 1.165) is 5.56 Å². The number of sulfone groups is 1. The number of imidazole rings is 1. The van der Waals surface area contributed by atoms with Crippen molar-refractivity contribution in [2.75, 3.05) is 46.1 Å². The van der Waals surface area contributed by atoms with Crippen LogP contribution in [0.2, 0.25) is 0 Å². The third-order valence-corrected chi connectivity index (χ3v) is 13.9. The number of aromatic amines is 1. The van der Waals surface area contributed by atoms with Crippen molar-refractivity contribution in [1.29, 1.82) is 0 Å². The molecular weight excluding hydrogens is 789 g/mol. The van der Waals surface area contributed by atoms with Crippen molar-refractivity contribution in [2.24, 2.45) is 0 Å². The van der Waals surface area contributed by atoms with Crippen molar-refractivity contribution >= 4 is 42.9 Å². The number of sulfonamides is 1. The lowest BCUT2D eigenvalue weighted by molar-refractivity contribution is 0.188. The number of rotatable bonds is 15. The monoisotopic (exact) mass is 830 g/mol. The van der Waals surface area contributed by atoms with Gasteiger partial charge in [0.2, 0.25) is 15.8 Å². The molecule has 20 heteroatoms. The van der Waals surface area contributed by atoms with E-state index in [9.17, 15) is 21.6 Å². The number of fused-ring (bicyclic) bond motifs is 1. The van der Waals surface area contributed by atoms with E-state index in [1.165, 1.54) is 18.0 Å². The second-order valence-corrected chi connectivity index (χ2v) is 17.5. The Morgan fingerprint density at radius 3 is 2.24 bits per heavy atom. The molecule has 6 N–H and O–H groups in total. The number of methoxy groups -OCH3 is 2. The second kappa shape index (κ2) is 16.8. The van der Waals surface area contributed by atoms with E-state index in [0.29, 0.717) is 53.3 Å². The number of amides is 1. The van der Waals surface area contributed by atoms with Crippen LogP contribution in [0, 0.1) is 0 Å². The maximum absolute atomic E-state index is 14.9. The van der Waals surface area contributed by atoms with Crippen LogP contribution in [0.5, 0.6) is 11.5 Å². The number of hydrogen-bond donors (Lipinski definition) is 5. The van der Waals surface area contributed by atoms with E-state index >= 15 is 0 Å². The smallest absolute Gasteiger partial charge is 0.404 e. The van der Waals surface area contributed by atoms with Crippen LogP contribution in [-0.2, 0) is 33.0 Å². The topological polar surface area (TPSA) is 250 Å². The lowest BCUT2D eigenvalue weighted by Gasteiger charge is -2.32. The molecule has 2 aromatic heterocycles. The molecule has 0 bridgehead atoms. The number of carboxylic acid groups (broad SMARTS) is 1. The normalized spacial score (nSPS) is 14.1. The molecule has 0 saturated carbocycles. The molecule has 1 fully saturated rings. The average molecular weight is 831 g/mol. The number of carbonyl (C=O) groups is 1. The van der Waals surface area contributed by atoms with E-state index in [-0.39, 0.29) is 55.4 Å². The predicted molar refractivity (Wildman–Crippen MR) is 215 cm³/mol. The Morgan fingerprint density at radius 1 is 0.914 bits per heavy atom. The first-order valence-corrected chi connectivity index (χ1v) is 21.3. The Labute approximate surface area is 334 Å². The van der Waals surface area contributed by atoms with Crippen molar-refractivity contribution in [3.8, 4) is 34.0 Å². The Morgan fingerprint density at radius 2 is 1.59 bits per heavy atom. The van der Waals surface area contributed by atoms with Gasteiger partial charge in [-0.25, -0.2) is 31.3 Å². The standard InChI is InChI=1S/C38H42N10O8S2/c1-55-26-10-6-24(7-11-26)22-41-58(53,54)35-32(57(51,52)28-16-19-47(20-17-28)21-18-40-38(49)50)15-14-29(30-4-3-5-31-34(30)43-37(39)42-31)33(35)36-44-46-48(45-36)23-25-8-12-27(56-2)13-9-25/h3-15,28,40-41H,16-23H2,1-2H3,(H,49,50)(H3,39,42,43). The van der Waals surface area contributed by atoms with Crippen molar-refractivity contribution < 1.29 is 36.2 Å². The number of nitrogens with one attached hydrogen (secondary N) is 3. The SMILES string of the molecule is COc1ccc(CNS(=O)(=O)c2c(S(=O)(=O)C3CCN(CCNC(=O)O)CC3)ccc(-c3cccc4[nH]c(N)nc34)c2-c2nnn(Cc3ccc(OC)cc3)n2)cc1. The molecule has 18 nitrogen and oxygen atoms in total. The van der Waals surface area contributed by atoms with Gasteiger partial charge in [-0.15, -0.1) is 10.2 Å². The summed E-state index contributed by atoms with van der Waals surface area (Å²) in [6, 6.07) is 22.1. The van der Waals surface area contributed by atoms with Crippen LogP contribution in [0.25, 0.3) is 33.5 Å². The molecule has 1 saturated heterocycles. The number of para-hydroxylation sites is 1. The van der Waals surface area contributed by atoms with E-state index in [1.807, 2.05) is 17.0 Å². The molecule has 4 aromatic carbocycles. The van der Waals surface area contributed by atoms with Crippen LogP contribution in [-0.4, -0.2) is 109 Å². The number of piperidine rings is 1. The van der Waals surface area contributed by atoms with Crippen LogP contribution in [0.3, 0.4) is 0 Å². The molecule has 1 aliphatic rings. The third kappa shape index (κ3) is 8.59. The van der Waals surface area contributed by atoms with Crippen LogP contribution in [0.4, 0.5) is 10.7 Å². The maximum Gasteiger partial charge on any atom is 0.404 e. The van der Waals surface area contributed by atoms with E-state index < -0.39 is 41.0 Å². The first-order chi connectivity index (χ1) is 27.9. The zero-order chi connectivity index (χ0) is 41.0. The predicted octanol–water partition coefficient (Wildman–Crippen LogP) is 3.52. The van der Waals surface area contributed by atoms with Crippen LogP contribution < -0.4 is 25.2 Å². The highest BCUT2D eigenvalue weighted by Crippen LogP contribution is 2.43. The number of nitrogen functional groups attached to an aromatic ring is 1. The lowest BCUT2D eigenvalue weighted by Crippen LogP contribution is -2.43. The molecule has 0 radical (unpaired) electrons. The zero-order valence-corrected chi connectivity index (χ0v) is 33.3. The van der Waals surface area contributed by atoms with Gasteiger partial charge in [-0.05, 0) is 84.2 Å². The van der Waals surface area contributed by atoms with Gasteiger partial charge in [-0.3, -0.25) is 0 Å². The Balaban J connectivity index is 1.38. The number of nitrogens with zero attached hydrogens (tertiary/aromatic N) is 6. The summed E-state index contributed by atoms with van der Waals surface area (Å²) in [4.78, 5) is 20.8. The first kappa shape index (κ1) is 40.1. The number of H-pyrrole nitrogens is 1. The second-order valence-electron chi connectivity index (χ2n) is 13.6. The van der Waals surface area contributed by atoms with Crippen LogP contribution in [0.1, 0.15) is 24.0 Å². The zero-order valence-electron chi connectivity index (χ0n) is 31.6. The van der Waals surface area contributed by atoms with Gasteiger partial charge in [0, 0.05) is 25.2 Å². The summed E-state index contributed by atoms with van der Waals surface area (Å²) in [6.45, 7) is 1.28. The molecule has 3 heterocycles. The number of hydrogen-bond acceptors (Lipinski definition) is 13. The number of likely N-dealkylation sites (tertiary alicyclic amines) is 1. The minimum absolute atomic E-state index is 0.0875. The number of anilines is 1. The van der Waals surface area contributed by atoms with E-state index in [1.54, 1.807) is 67.8 Å². The molecule has 6 aromatic rings. The van der Waals surface area contributed by atoms with Gasteiger partial charge in [0.15, 0.2) is 15.8 Å². The van der Waals surface area contributed by atoms with Gasteiger partial charge in [-0.1, -0.05) is 42.5 Å². The highest BCUT2D eigenvalue weighted by Gasteiger charge is 2.39. The minimum Gasteiger partial charge on any atom is -0.497 e. The fourth-order valence-electron chi connectivity index (χ4n) is 7.01. The van der Waals surface area contributed by atoms with Crippen molar-refractivity contribution in [1.82, 2.24) is 45.1 Å². The summed E-state index contributed by atoms with van der Waals surface area (Å²) in [5.74, 6) is 1.23. The van der Waals surface area contributed by atoms with Gasteiger partial charge in [0.05, 0.1) is 47.5 Å². The quantitative estimate of drug-likeness (QED) is 0.0994. The lowest BCUT2D eigenvalue weighted by atomic mass is 9.98. The molecule has 0 unspecified atom stereocenters. The summed E-state index contributed by atoms with van der Waals surface area (Å²) in [5, 5.41) is 23.6. The number of ether oxygens (including phenoxy) is 2. The Kier molecular flexibility index (Phi) is 11.6. The molecule has 0 spiro atoms. The largest absolute Gasteiger partial charge is 0.497 e. The van der Waals surface area contributed by atoms with Gasteiger partial charge >= 0.3 is 6.09 Å². The number of tetrazole rings is 1. The third-order valence-electron chi connectivity index (χ3n) is 9.98. The molecule has 0 atom stereocenters. The van der Waals surface area contributed by atoms with Crippen molar-refractivity contribution in [3.05, 3.63) is 90.0 Å². The number of nitrogens with two attached hydrogens (primary N) is 1. The number of benzene rings is 4. The molecule has 7 rings (SSSR count). The Hall–Kier alpha value is -6.09. The van der Waals surface area contributed by atoms with E-state index in [2.05, 4.69) is 35.4 Å². The molecule has 58 heavy (non-hydrogen) atoms. The molecular formula is C38H42N10O8S2. The summed E-state index contributed by atoms with van der Waals surface area (Å²) in [5.41, 5.74) is 9.10. The van der Waals surface area contributed by atoms with Crippen LogP contribution in [0.15, 0.2) is 88.7 Å². The van der Waals surface area contributed by atoms with Crippen molar-refractivity contribution in [2.45, 2.75) is 41.0 Å². The summed E-state index contributed by atoms with van der Waals surface area (Å²) in [7, 11) is -5.96. The molecule has 1 aliphatic heterocycles. The van der Waals surface area contributed by atoms with Gasteiger partial charge < -0.3 is 35.5 Å². The molecule has 1 amide bonds. The summed E-state index contributed by atoms with van der Waals surface area (Å²) >= 11 is 0. The number of aromatic nitrogens is 6. The van der Waals surface area contributed by atoms with E-state index in [4.69, 9.17) is 20.3 Å². The molecule has 304 valence electrons. The highest BCUT2D eigenvalue weighted by atomic mass is 32.2. The maximum atomic E-state index is 14.9. The summed E-state index contributed by atoms with van der Waals surface area (Å²) in [6.07, 6.45) is -0.769. The fraction of sp³-hybridized carbons (Fsp3) is 0.289. The minimum atomic E-state index is -4.69. The van der Waals surface area contributed by atoms with Crippen LogP contribution >= 0.6 is 0 Å². The first-order valence-electron chi connectivity index (χ1n) is 18.2.